The van der Waals surface area contributed by atoms with Gasteiger partial charge in [0.05, 0.1) is 13.2 Å². The second-order valence-corrected chi connectivity index (χ2v) is 4.49. The van der Waals surface area contributed by atoms with Crippen molar-refractivity contribution in [3.8, 4) is 0 Å². The second-order valence-electron chi connectivity index (χ2n) is 4.49. The molecule has 7 nitrogen and oxygen atoms in total. The summed E-state index contributed by atoms with van der Waals surface area (Å²) >= 11 is 0. The molecule has 1 aromatic carbocycles. The highest BCUT2D eigenvalue weighted by Gasteiger charge is 2.17. The average molecular weight is 308 g/mol. The highest BCUT2D eigenvalue weighted by molar-refractivity contribution is 5.62. The summed E-state index contributed by atoms with van der Waals surface area (Å²) in [6.07, 6.45) is -1.03. The predicted molar refractivity (Wildman–Crippen MR) is 76.0 cm³/mol. The zero-order valence-corrected chi connectivity index (χ0v) is 12.1. The van der Waals surface area contributed by atoms with Gasteiger partial charge in [-0.15, -0.1) is 15.0 Å². The van der Waals surface area contributed by atoms with Crippen molar-refractivity contribution in [3.05, 3.63) is 48.0 Å². The zero-order chi connectivity index (χ0) is 15.9. The summed E-state index contributed by atoms with van der Waals surface area (Å²) in [5.41, 5.74) is 0.772. The van der Waals surface area contributed by atoms with Crippen molar-refractivity contribution in [3.63, 3.8) is 0 Å². The third-order valence-corrected chi connectivity index (χ3v) is 2.89. The minimum atomic E-state index is -1.03. The number of benzene rings is 1. The number of rotatable bonds is 8. The molecule has 1 aromatic heterocycles. The van der Waals surface area contributed by atoms with E-state index in [-0.39, 0.29) is 23.9 Å². The molecular formula is C14H17FN4O3. The quantitative estimate of drug-likeness (QED) is 0.737. The maximum atomic E-state index is 12.9. The molecule has 0 saturated heterocycles. The third kappa shape index (κ3) is 4.17. The lowest BCUT2D eigenvalue weighted by Crippen LogP contribution is -2.10. The molecule has 0 saturated carbocycles. The molecule has 2 aromatic rings. The van der Waals surface area contributed by atoms with E-state index in [0.29, 0.717) is 18.8 Å². The fourth-order valence-electron chi connectivity index (χ4n) is 1.68. The van der Waals surface area contributed by atoms with E-state index in [2.05, 4.69) is 22.0 Å². The van der Waals surface area contributed by atoms with Crippen molar-refractivity contribution in [2.45, 2.75) is 12.8 Å². The van der Waals surface area contributed by atoms with E-state index in [1.54, 1.807) is 7.11 Å². The van der Waals surface area contributed by atoms with Gasteiger partial charge in [0, 0.05) is 12.7 Å². The van der Waals surface area contributed by atoms with Crippen LogP contribution in [0.1, 0.15) is 17.5 Å². The molecule has 0 aliphatic rings. The molecule has 2 rings (SSSR count). The lowest BCUT2D eigenvalue weighted by molar-refractivity contribution is 0.0217. The maximum Gasteiger partial charge on any atom is 0.203 e. The van der Waals surface area contributed by atoms with Crippen LogP contribution in [0.15, 0.2) is 30.8 Å². The fraction of sp³-hybridized carbons (Fsp3) is 0.357. The Kier molecular flexibility index (Phi) is 5.70. The predicted octanol–water partition coefficient (Wildman–Crippen LogP) is 1.18. The Labute approximate surface area is 127 Å². The Hall–Kier alpha value is -2.16. The van der Waals surface area contributed by atoms with Crippen LogP contribution in [0.5, 0.6) is 0 Å². The second kappa shape index (κ2) is 7.74. The van der Waals surface area contributed by atoms with Gasteiger partial charge in [-0.2, -0.15) is 0 Å². The number of halogens is 1. The summed E-state index contributed by atoms with van der Waals surface area (Å²) in [7, 11) is 1.58. The summed E-state index contributed by atoms with van der Waals surface area (Å²) in [5, 5.41) is 21.9. The van der Waals surface area contributed by atoms with Crippen LogP contribution in [-0.4, -0.2) is 45.6 Å². The van der Waals surface area contributed by atoms with E-state index in [1.807, 2.05) is 0 Å². The van der Waals surface area contributed by atoms with Crippen molar-refractivity contribution in [1.29, 1.82) is 0 Å². The van der Waals surface area contributed by atoms with Gasteiger partial charge in [-0.05, 0) is 22.9 Å². The van der Waals surface area contributed by atoms with Gasteiger partial charge in [0.1, 0.15) is 11.9 Å². The standard InChI is InChI=1S/C14H17FN4O3/c1-10(13(20)11-3-5-12(15)6-4-11)14-16-18-19(17-14)9-22-8-7-21-2/h3-6,13,20H,1,7-9H2,2H3. The highest BCUT2D eigenvalue weighted by Crippen LogP contribution is 2.25. The lowest BCUT2D eigenvalue weighted by Gasteiger charge is -2.11. The molecule has 0 amide bonds. The highest BCUT2D eigenvalue weighted by atomic mass is 19.1. The fourth-order valence-corrected chi connectivity index (χ4v) is 1.68. The SMILES string of the molecule is C=C(c1nnn(COCCOC)n1)C(O)c1ccc(F)cc1. The van der Waals surface area contributed by atoms with Crippen molar-refractivity contribution in [1.82, 2.24) is 20.2 Å². The number of ether oxygens (including phenoxy) is 2. The Morgan fingerprint density at radius 1 is 1.36 bits per heavy atom. The zero-order valence-electron chi connectivity index (χ0n) is 12.1. The van der Waals surface area contributed by atoms with Crippen LogP contribution in [0, 0.1) is 5.82 Å². The number of hydrogen-bond acceptors (Lipinski definition) is 6. The Morgan fingerprint density at radius 2 is 2.09 bits per heavy atom. The first-order valence-corrected chi connectivity index (χ1v) is 6.59. The molecule has 1 heterocycles. The van der Waals surface area contributed by atoms with Gasteiger partial charge in [0.2, 0.25) is 5.82 Å². The average Bonchev–Trinajstić information content (AvgIpc) is 3.00. The summed E-state index contributed by atoms with van der Waals surface area (Å²) in [5.74, 6) is -0.175. The van der Waals surface area contributed by atoms with E-state index < -0.39 is 6.10 Å². The smallest absolute Gasteiger partial charge is 0.203 e. The van der Waals surface area contributed by atoms with E-state index in [9.17, 15) is 9.50 Å². The van der Waals surface area contributed by atoms with E-state index >= 15 is 0 Å². The molecule has 1 atom stereocenters. The molecule has 0 fully saturated rings. The van der Waals surface area contributed by atoms with Crippen molar-refractivity contribution < 1.29 is 19.0 Å². The Morgan fingerprint density at radius 3 is 2.77 bits per heavy atom. The normalized spacial score (nSPS) is 12.3. The molecule has 8 heteroatoms. The Bertz CT molecular complexity index is 615. The number of nitrogens with zero attached hydrogens (tertiary/aromatic N) is 4. The van der Waals surface area contributed by atoms with Gasteiger partial charge in [0.15, 0.2) is 6.73 Å². The van der Waals surface area contributed by atoms with Crippen LogP contribution < -0.4 is 0 Å². The lowest BCUT2D eigenvalue weighted by atomic mass is 10.0. The number of aliphatic hydroxyl groups excluding tert-OH is 1. The number of aromatic nitrogens is 4. The van der Waals surface area contributed by atoms with Crippen LogP contribution >= 0.6 is 0 Å². The maximum absolute atomic E-state index is 12.9. The largest absolute Gasteiger partial charge is 0.384 e. The van der Waals surface area contributed by atoms with Gasteiger partial charge in [-0.1, -0.05) is 18.7 Å². The molecule has 0 aliphatic heterocycles. The van der Waals surface area contributed by atoms with Gasteiger partial charge in [-0.25, -0.2) is 4.39 Å². The van der Waals surface area contributed by atoms with E-state index in [4.69, 9.17) is 9.47 Å². The molecule has 0 spiro atoms. The molecular weight excluding hydrogens is 291 g/mol. The first kappa shape index (κ1) is 16.2. The summed E-state index contributed by atoms with van der Waals surface area (Å²) in [6.45, 7) is 4.76. The van der Waals surface area contributed by atoms with Crippen molar-refractivity contribution in [2.75, 3.05) is 20.3 Å². The number of hydrogen-bond donors (Lipinski definition) is 1. The van der Waals surface area contributed by atoms with Crippen LogP contribution in [0.25, 0.3) is 5.57 Å². The number of methoxy groups -OCH3 is 1. The molecule has 1 N–H and O–H groups in total. The van der Waals surface area contributed by atoms with Crippen LogP contribution in [0.3, 0.4) is 0 Å². The molecule has 0 aliphatic carbocycles. The van der Waals surface area contributed by atoms with Crippen LogP contribution in [-0.2, 0) is 16.2 Å². The topological polar surface area (TPSA) is 82.3 Å². The molecule has 118 valence electrons. The Balaban J connectivity index is 1.97. The first-order valence-electron chi connectivity index (χ1n) is 6.59. The summed E-state index contributed by atoms with van der Waals surface area (Å²) < 4.78 is 23.0. The summed E-state index contributed by atoms with van der Waals surface area (Å²) in [6, 6.07) is 5.48. The van der Waals surface area contributed by atoms with Crippen LogP contribution in [0.2, 0.25) is 0 Å². The summed E-state index contributed by atoms with van der Waals surface area (Å²) in [4.78, 5) is 1.24. The molecule has 22 heavy (non-hydrogen) atoms. The molecule has 1 unspecified atom stereocenters. The van der Waals surface area contributed by atoms with Gasteiger partial charge in [0.25, 0.3) is 0 Å². The van der Waals surface area contributed by atoms with Gasteiger partial charge < -0.3 is 14.6 Å². The number of aliphatic hydroxyl groups is 1. The van der Waals surface area contributed by atoms with Crippen molar-refractivity contribution >= 4 is 5.57 Å². The van der Waals surface area contributed by atoms with E-state index in [1.165, 1.54) is 29.1 Å². The molecule has 0 bridgehead atoms. The van der Waals surface area contributed by atoms with Gasteiger partial charge in [-0.3, -0.25) is 0 Å². The van der Waals surface area contributed by atoms with Crippen LogP contribution in [0.4, 0.5) is 4.39 Å². The minimum Gasteiger partial charge on any atom is -0.384 e. The van der Waals surface area contributed by atoms with E-state index in [0.717, 1.165) is 0 Å². The van der Waals surface area contributed by atoms with Gasteiger partial charge >= 0.3 is 0 Å². The van der Waals surface area contributed by atoms with Crippen molar-refractivity contribution in [2.24, 2.45) is 0 Å². The minimum absolute atomic E-state index is 0.121. The molecule has 0 radical (unpaired) electrons. The first-order chi connectivity index (χ1) is 10.6. The monoisotopic (exact) mass is 308 g/mol. The number of tetrazole rings is 1. The third-order valence-electron chi connectivity index (χ3n) is 2.89.